The highest BCUT2D eigenvalue weighted by atomic mass is 32.2. The van der Waals surface area contributed by atoms with Crippen molar-refractivity contribution in [3.05, 3.63) is 46.4 Å². The summed E-state index contributed by atoms with van der Waals surface area (Å²) >= 11 is 0.959. The number of para-hydroxylation sites is 1. The van der Waals surface area contributed by atoms with E-state index < -0.39 is 0 Å². The summed E-state index contributed by atoms with van der Waals surface area (Å²) in [6.07, 6.45) is 3.70. The number of likely N-dealkylation sites (N-methyl/N-ethyl adjacent to an activating group) is 1. The van der Waals surface area contributed by atoms with Crippen LogP contribution in [0, 0.1) is 0 Å². The summed E-state index contributed by atoms with van der Waals surface area (Å²) in [4.78, 5) is 24.8. The molecule has 1 fully saturated rings. The third-order valence-corrected chi connectivity index (χ3v) is 3.92. The molecule has 2 aliphatic heterocycles. The topological polar surface area (TPSA) is 46.6 Å². The third-order valence-electron chi connectivity index (χ3n) is 2.96. The Morgan fingerprint density at radius 1 is 1.32 bits per heavy atom. The Kier molecular flexibility index (Phi) is 2.91. The molecule has 0 unspecified atom stereocenters. The number of nitrogens with zero attached hydrogens (tertiary/aromatic N) is 1. The van der Waals surface area contributed by atoms with Crippen LogP contribution in [0.15, 0.2) is 40.8 Å². The fourth-order valence-corrected chi connectivity index (χ4v) is 2.77. The van der Waals surface area contributed by atoms with Crippen LogP contribution >= 0.6 is 11.8 Å². The molecule has 4 nitrogen and oxygen atoms in total. The minimum atomic E-state index is -0.255. The largest absolute Gasteiger partial charge is 0.488 e. The zero-order valence-electron chi connectivity index (χ0n) is 10.3. The van der Waals surface area contributed by atoms with Gasteiger partial charge >= 0.3 is 0 Å². The first kappa shape index (κ1) is 12.0. The Balaban J connectivity index is 1.92. The summed E-state index contributed by atoms with van der Waals surface area (Å²) in [5.41, 5.74) is 1.87. The third kappa shape index (κ3) is 2.17. The molecule has 2 aliphatic rings. The van der Waals surface area contributed by atoms with Gasteiger partial charge in [0.15, 0.2) is 0 Å². The van der Waals surface area contributed by atoms with Crippen LogP contribution in [0.5, 0.6) is 5.75 Å². The first-order valence-electron chi connectivity index (χ1n) is 5.79. The van der Waals surface area contributed by atoms with E-state index >= 15 is 0 Å². The Hall–Kier alpha value is -2.01. The van der Waals surface area contributed by atoms with Crippen LogP contribution in [0.1, 0.15) is 5.56 Å². The number of hydrogen-bond acceptors (Lipinski definition) is 4. The Labute approximate surface area is 114 Å². The standard InChI is InChI=1S/C14H11NO3S/c1-15-13(16)12(19-14(15)17)7-9-6-10-4-2-3-5-11(10)18-8-9/h2-7H,8H2,1H3/b12-7-. The van der Waals surface area contributed by atoms with Gasteiger partial charge in [-0.1, -0.05) is 18.2 Å². The molecule has 0 bridgehead atoms. The maximum absolute atomic E-state index is 11.8. The predicted octanol–water partition coefficient (Wildman–Crippen LogP) is 2.67. The summed E-state index contributed by atoms with van der Waals surface area (Å²) in [6.45, 7) is 0.409. The number of imide groups is 1. The zero-order valence-corrected chi connectivity index (χ0v) is 11.1. The summed E-state index contributed by atoms with van der Waals surface area (Å²) in [7, 11) is 1.49. The van der Waals surface area contributed by atoms with Gasteiger partial charge in [0.25, 0.3) is 11.1 Å². The van der Waals surface area contributed by atoms with E-state index in [2.05, 4.69) is 0 Å². The first-order valence-corrected chi connectivity index (χ1v) is 6.61. The number of rotatable bonds is 1. The lowest BCUT2D eigenvalue weighted by molar-refractivity contribution is -0.121. The summed E-state index contributed by atoms with van der Waals surface area (Å²) in [6, 6.07) is 7.71. The summed E-state index contributed by atoms with van der Waals surface area (Å²) < 4.78 is 5.60. The number of carbonyl (C=O) groups is 2. The number of thioether (sulfide) groups is 1. The van der Waals surface area contributed by atoms with Crippen molar-refractivity contribution in [1.29, 1.82) is 0 Å². The molecule has 5 heteroatoms. The van der Waals surface area contributed by atoms with Gasteiger partial charge < -0.3 is 4.74 Å². The maximum atomic E-state index is 11.8. The molecule has 1 aromatic rings. The minimum absolute atomic E-state index is 0.242. The average Bonchev–Trinajstić information content (AvgIpc) is 2.66. The van der Waals surface area contributed by atoms with E-state index in [0.717, 1.165) is 33.5 Å². The Morgan fingerprint density at radius 3 is 2.84 bits per heavy atom. The van der Waals surface area contributed by atoms with Crippen LogP contribution < -0.4 is 4.74 Å². The van der Waals surface area contributed by atoms with E-state index in [-0.39, 0.29) is 11.1 Å². The van der Waals surface area contributed by atoms with Gasteiger partial charge in [0.05, 0.1) is 4.91 Å². The van der Waals surface area contributed by atoms with E-state index in [1.54, 1.807) is 6.08 Å². The molecule has 0 spiro atoms. The molecule has 0 saturated carbocycles. The number of hydrogen-bond donors (Lipinski definition) is 0. The first-order chi connectivity index (χ1) is 9.15. The van der Waals surface area contributed by atoms with Crippen molar-refractivity contribution >= 4 is 29.0 Å². The molecule has 3 rings (SSSR count). The molecule has 2 heterocycles. The number of fused-ring (bicyclic) bond motifs is 1. The smallest absolute Gasteiger partial charge is 0.293 e. The van der Waals surface area contributed by atoms with Crippen molar-refractivity contribution in [3.8, 4) is 5.75 Å². The molecule has 1 saturated heterocycles. The van der Waals surface area contributed by atoms with Crippen molar-refractivity contribution in [2.45, 2.75) is 0 Å². The molecule has 0 aromatic heterocycles. The van der Waals surface area contributed by atoms with E-state index in [0.29, 0.717) is 11.5 Å². The highest BCUT2D eigenvalue weighted by Crippen LogP contribution is 2.32. The van der Waals surface area contributed by atoms with Gasteiger partial charge in [-0.2, -0.15) is 0 Å². The Bertz CT molecular complexity index is 633. The van der Waals surface area contributed by atoms with E-state index in [4.69, 9.17) is 4.74 Å². The van der Waals surface area contributed by atoms with Crippen LogP contribution in [-0.2, 0) is 4.79 Å². The second-order valence-corrected chi connectivity index (χ2v) is 5.28. The molecule has 2 amide bonds. The number of carbonyl (C=O) groups excluding carboxylic acids is 2. The molecule has 0 N–H and O–H groups in total. The lowest BCUT2D eigenvalue weighted by Gasteiger charge is -2.15. The van der Waals surface area contributed by atoms with Gasteiger partial charge in [0.1, 0.15) is 12.4 Å². The zero-order chi connectivity index (χ0) is 13.4. The molecular formula is C14H11NO3S. The normalized spacial score (nSPS) is 20.4. The Morgan fingerprint density at radius 2 is 2.11 bits per heavy atom. The second-order valence-electron chi connectivity index (χ2n) is 4.29. The van der Waals surface area contributed by atoms with Gasteiger partial charge in [-0.3, -0.25) is 14.5 Å². The lowest BCUT2D eigenvalue weighted by atomic mass is 10.1. The number of benzene rings is 1. The van der Waals surface area contributed by atoms with Crippen molar-refractivity contribution in [2.75, 3.05) is 13.7 Å². The second kappa shape index (κ2) is 4.59. The molecular weight excluding hydrogens is 262 g/mol. The average molecular weight is 273 g/mol. The van der Waals surface area contributed by atoms with E-state index in [1.807, 2.05) is 30.3 Å². The predicted molar refractivity (Wildman–Crippen MR) is 73.8 cm³/mol. The highest BCUT2D eigenvalue weighted by molar-refractivity contribution is 8.18. The van der Waals surface area contributed by atoms with Crippen molar-refractivity contribution in [3.63, 3.8) is 0 Å². The summed E-state index contributed by atoms with van der Waals surface area (Å²) in [5, 5.41) is -0.242. The van der Waals surface area contributed by atoms with Gasteiger partial charge in [-0.05, 0) is 35.6 Å². The molecule has 0 aliphatic carbocycles. The van der Waals surface area contributed by atoms with Gasteiger partial charge in [-0.25, -0.2) is 0 Å². The van der Waals surface area contributed by atoms with Gasteiger partial charge in [0.2, 0.25) is 0 Å². The molecule has 0 radical (unpaired) electrons. The van der Waals surface area contributed by atoms with Gasteiger partial charge in [-0.15, -0.1) is 0 Å². The number of ether oxygens (including phenoxy) is 1. The quantitative estimate of drug-likeness (QED) is 0.738. The monoisotopic (exact) mass is 273 g/mol. The van der Waals surface area contributed by atoms with Crippen molar-refractivity contribution in [2.24, 2.45) is 0 Å². The lowest BCUT2D eigenvalue weighted by Crippen LogP contribution is -2.22. The number of amides is 2. The maximum Gasteiger partial charge on any atom is 0.293 e. The highest BCUT2D eigenvalue weighted by Gasteiger charge is 2.32. The van der Waals surface area contributed by atoms with Crippen LogP contribution in [0.4, 0.5) is 4.79 Å². The van der Waals surface area contributed by atoms with Crippen molar-refractivity contribution < 1.29 is 14.3 Å². The van der Waals surface area contributed by atoms with E-state index in [9.17, 15) is 9.59 Å². The van der Waals surface area contributed by atoms with Crippen molar-refractivity contribution in [1.82, 2.24) is 4.90 Å². The summed E-state index contributed by atoms with van der Waals surface area (Å²) in [5.74, 6) is 0.581. The van der Waals surface area contributed by atoms with Crippen LogP contribution in [-0.4, -0.2) is 29.7 Å². The van der Waals surface area contributed by atoms with Crippen LogP contribution in [0.25, 0.3) is 6.08 Å². The molecule has 0 atom stereocenters. The molecule has 1 aromatic carbocycles. The fourth-order valence-electron chi connectivity index (χ4n) is 1.93. The van der Waals surface area contributed by atoms with Gasteiger partial charge in [0, 0.05) is 12.6 Å². The van der Waals surface area contributed by atoms with Crippen LogP contribution in [0.2, 0.25) is 0 Å². The molecule has 96 valence electrons. The minimum Gasteiger partial charge on any atom is -0.488 e. The van der Waals surface area contributed by atoms with Crippen LogP contribution in [0.3, 0.4) is 0 Å². The fraction of sp³-hybridized carbons (Fsp3) is 0.143. The SMILES string of the molecule is CN1C(=O)S/C(=C\C2=Cc3ccccc3OC2)C1=O. The van der Waals surface area contributed by atoms with E-state index in [1.165, 1.54) is 7.05 Å². The molecule has 19 heavy (non-hydrogen) atoms.